The second kappa shape index (κ2) is 6.72. The SMILES string of the molecule is CNC(CCC1CCCC1)c1cccc(C)c1Br. The molecule has 0 radical (unpaired) electrons. The molecule has 1 N–H and O–H groups in total. The van der Waals surface area contributed by atoms with E-state index in [2.05, 4.69) is 53.4 Å². The minimum atomic E-state index is 0.486. The molecule has 1 aromatic rings. The van der Waals surface area contributed by atoms with Crippen LogP contribution >= 0.6 is 15.9 Å². The average molecular weight is 310 g/mol. The van der Waals surface area contributed by atoms with Crippen molar-refractivity contribution < 1.29 is 0 Å². The molecule has 1 unspecified atom stereocenters. The maximum atomic E-state index is 3.74. The van der Waals surface area contributed by atoms with Gasteiger partial charge < -0.3 is 5.32 Å². The van der Waals surface area contributed by atoms with E-state index in [4.69, 9.17) is 0 Å². The number of aryl methyl sites for hydroxylation is 1. The molecule has 1 aromatic carbocycles. The molecule has 0 bridgehead atoms. The summed E-state index contributed by atoms with van der Waals surface area (Å²) in [6.07, 6.45) is 8.41. The van der Waals surface area contributed by atoms with Crippen molar-refractivity contribution in [2.45, 2.75) is 51.5 Å². The maximum absolute atomic E-state index is 3.74. The Morgan fingerprint density at radius 1 is 1.33 bits per heavy atom. The minimum absolute atomic E-state index is 0.486. The van der Waals surface area contributed by atoms with Gasteiger partial charge in [0.05, 0.1) is 0 Å². The van der Waals surface area contributed by atoms with Crippen LogP contribution in [0.1, 0.15) is 55.7 Å². The summed E-state index contributed by atoms with van der Waals surface area (Å²) in [6, 6.07) is 7.05. The van der Waals surface area contributed by atoms with E-state index < -0.39 is 0 Å². The van der Waals surface area contributed by atoms with E-state index in [-0.39, 0.29) is 0 Å². The van der Waals surface area contributed by atoms with Crippen LogP contribution in [0, 0.1) is 12.8 Å². The molecule has 1 aliphatic rings. The summed E-state index contributed by atoms with van der Waals surface area (Å²) in [6.45, 7) is 2.16. The largest absolute Gasteiger partial charge is 0.313 e. The Morgan fingerprint density at radius 3 is 2.72 bits per heavy atom. The third-order valence-electron chi connectivity index (χ3n) is 4.28. The fourth-order valence-corrected chi connectivity index (χ4v) is 3.64. The van der Waals surface area contributed by atoms with E-state index in [0.717, 1.165) is 5.92 Å². The predicted octanol–water partition coefficient (Wildman–Crippen LogP) is 4.99. The summed E-state index contributed by atoms with van der Waals surface area (Å²) in [5, 5.41) is 3.48. The van der Waals surface area contributed by atoms with E-state index in [9.17, 15) is 0 Å². The summed E-state index contributed by atoms with van der Waals surface area (Å²) in [5.74, 6) is 0.976. The second-order valence-electron chi connectivity index (χ2n) is 5.55. The van der Waals surface area contributed by atoms with E-state index in [1.54, 1.807) is 0 Å². The average Bonchev–Trinajstić information content (AvgIpc) is 2.88. The second-order valence-corrected chi connectivity index (χ2v) is 6.34. The smallest absolute Gasteiger partial charge is 0.0328 e. The van der Waals surface area contributed by atoms with Crippen LogP contribution in [0.4, 0.5) is 0 Å². The topological polar surface area (TPSA) is 12.0 Å². The Balaban J connectivity index is 2.00. The van der Waals surface area contributed by atoms with Crippen molar-refractivity contribution >= 4 is 15.9 Å². The van der Waals surface area contributed by atoms with Crippen LogP contribution in [0.15, 0.2) is 22.7 Å². The van der Waals surface area contributed by atoms with Crippen LogP contribution in [-0.4, -0.2) is 7.05 Å². The third-order valence-corrected chi connectivity index (χ3v) is 5.37. The van der Waals surface area contributed by atoms with E-state index in [1.807, 2.05) is 0 Å². The molecule has 0 spiro atoms. The highest BCUT2D eigenvalue weighted by atomic mass is 79.9. The Hall–Kier alpha value is -0.340. The molecule has 0 aromatic heterocycles. The number of hydrogen-bond acceptors (Lipinski definition) is 1. The quantitative estimate of drug-likeness (QED) is 0.808. The normalized spacial score (nSPS) is 18.2. The Labute approximate surface area is 119 Å². The van der Waals surface area contributed by atoms with Gasteiger partial charge in [-0.2, -0.15) is 0 Å². The molecule has 1 nitrogen and oxygen atoms in total. The van der Waals surface area contributed by atoms with Gasteiger partial charge in [-0.25, -0.2) is 0 Å². The van der Waals surface area contributed by atoms with E-state index in [1.165, 1.54) is 54.1 Å². The van der Waals surface area contributed by atoms with Crippen molar-refractivity contribution in [1.29, 1.82) is 0 Å². The van der Waals surface area contributed by atoms with Crippen molar-refractivity contribution in [3.05, 3.63) is 33.8 Å². The Kier molecular flexibility index (Phi) is 5.25. The van der Waals surface area contributed by atoms with Crippen LogP contribution in [0.3, 0.4) is 0 Å². The van der Waals surface area contributed by atoms with Gasteiger partial charge in [0.1, 0.15) is 0 Å². The monoisotopic (exact) mass is 309 g/mol. The van der Waals surface area contributed by atoms with E-state index >= 15 is 0 Å². The zero-order valence-corrected chi connectivity index (χ0v) is 13.1. The van der Waals surface area contributed by atoms with Gasteiger partial charge in [-0.3, -0.25) is 0 Å². The number of rotatable bonds is 5. The summed E-state index contributed by atoms with van der Waals surface area (Å²) < 4.78 is 1.27. The highest BCUT2D eigenvalue weighted by Gasteiger charge is 2.19. The molecule has 2 rings (SSSR count). The van der Waals surface area contributed by atoms with Crippen molar-refractivity contribution in [2.75, 3.05) is 7.05 Å². The van der Waals surface area contributed by atoms with Crippen LogP contribution in [0.2, 0.25) is 0 Å². The van der Waals surface area contributed by atoms with Gasteiger partial charge >= 0.3 is 0 Å². The van der Waals surface area contributed by atoms with Crippen molar-refractivity contribution in [2.24, 2.45) is 5.92 Å². The van der Waals surface area contributed by atoms with Gasteiger partial charge in [-0.15, -0.1) is 0 Å². The summed E-state index contributed by atoms with van der Waals surface area (Å²) in [7, 11) is 2.08. The maximum Gasteiger partial charge on any atom is 0.0328 e. The molecule has 0 heterocycles. The van der Waals surface area contributed by atoms with Crippen LogP contribution in [-0.2, 0) is 0 Å². The summed E-state index contributed by atoms with van der Waals surface area (Å²) in [4.78, 5) is 0. The standard InChI is InChI=1S/C16H24BrN/c1-12-6-5-9-14(16(12)17)15(18-2)11-10-13-7-3-4-8-13/h5-6,9,13,15,18H,3-4,7-8,10-11H2,1-2H3. The summed E-state index contributed by atoms with van der Waals surface area (Å²) in [5.41, 5.74) is 2.74. The number of nitrogens with one attached hydrogen (secondary N) is 1. The van der Waals surface area contributed by atoms with Crippen LogP contribution in [0.25, 0.3) is 0 Å². The minimum Gasteiger partial charge on any atom is -0.313 e. The highest BCUT2D eigenvalue weighted by molar-refractivity contribution is 9.10. The van der Waals surface area contributed by atoms with Gasteiger partial charge in [0.25, 0.3) is 0 Å². The first-order chi connectivity index (χ1) is 8.72. The first kappa shape index (κ1) is 14.1. The lowest BCUT2D eigenvalue weighted by molar-refractivity contribution is 0.426. The lowest BCUT2D eigenvalue weighted by atomic mass is 9.94. The lowest BCUT2D eigenvalue weighted by Gasteiger charge is -2.21. The number of hydrogen-bond donors (Lipinski definition) is 1. The Bertz CT molecular complexity index is 383. The van der Waals surface area contributed by atoms with Crippen LogP contribution < -0.4 is 5.32 Å². The van der Waals surface area contributed by atoms with E-state index in [0.29, 0.717) is 6.04 Å². The zero-order valence-electron chi connectivity index (χ0n) is 11.5. The third kappa shape index (κ3) is 3.36. The zero-order chi connectivity index (χ0) is 13.0. The van der Waals surface area contributed by atoms with Gasteiger partial charge in [0.2, 0.25) is 0 Å². The van der Waals surface area contributed by atoms with Crippen molar-refractivity contribution in [1.82, 2.24) is 5.32 Å². The molecule has 0 aliphatic heterocycles. The van der Waals surface area contributed by atoms with Crippen LogP contribution in [0.5, 0.6) is 0 Å². The first-order valence-electron chi connectivity index (χ1n) is 7.14. The molecule has 0 amide bonds. The fraction of sp³-hybridized carbons (Fsp3) is 0.625. The molecule has 1 saturated carbocycles. The molecule has 1 fully saturated rings. The molecular formula is C16H24BrN. The molecule has 18 heavy (non-hydrogen) atoms. The first-order valence-corrected chi connectivity index (χ1v) is 7.94. The molecule has 1 aliphatic carbocycles. The number of benzene rings is 1. The fourth-order valence-electron chi connectivity index (χ4n) is 3.10. The summed E-state index contributed by atoms with van der Waals surface area (Å²) >= 11 is 3.74. The predicted molar refractivity (Wildman–Crippen MR) is 81.9 cm³/mol. The molecule has 100 valence electrons. The number of halogens is 1. The molecular weight excluding hydrogens is 286 g/mol. The van der Waals surface area contributed by atoms with Gasteiger partial charge in [-0.05, 0) is 43.9 Å². The highest BCUT2D eigenvalue weighted by Crippen LogP contribution is 2.33. The molecule has 2 heteroatoms. The van der Waals surface area contributed by atoms with Crippen molar-refractivity contribution in [3.8, 4) is 0 Å². The van der Waals surface area contributed by atoms with Gasteiger partial charge in [0, 0.05) is 10.5 Å². The van der Waals surface area contributed by atoms with Gasteiger partial charge in [0.15, 0.2) is 0 Å². The Morgan fingerprint density at radius 2 is 2.06 bits per heavy atom. The molecule has 0 saturated heterocycles. The molecule has 1 atom stereocenters. The van der Waals surface area contributed by atoms with Gasteiger partial charge in [-0.1, -0.05) is 59.8 Å². The van der Waals surface area contributed by atoms with Crippen molar-refractivity contribution in [3.63, 3.8) is 0 Å². The lowest BCUT2D eigenvalue weighted by Crippen LogP contribution is -2.18.